The number of hydrogen-bond donors (Lipinski definition) is 2. The van der Waals surface area contributed by atoms with Gasteiger partial charge in [-0.2, -0.15) is 11.8 Å². The number of aliphatic hydroxyl groups excluding tert-OH is 1. The van der Waals surface area contributed by atoms with Crippen molar-refractivity contribution in [3.63, 3.8) is 0 Å². The normalized spacial score (nSPS) is 28.2. The molecule has 3 heterocycles. The van der Waals surface area contributed by atoms with Crippen molar-refractivity contribution in [1.82, 2.24) is 10.3 Å². The fourth-order valence-electron chi connectivity index (χ4n) is 4.10. The molecule has 2 aliphatic heterocycles. The Morgan fingerprint density at radius 3 is 2.85 bits per heavy atom. The summed E-state index contributed by atoms with van der Waals surface area (Å²) < 4.78 is 6.11. The van der Waals surface area contributed by atoms with Crippen LogP contribution in [0.25, 0.3) is 0 Å². The summed E-state index contributed by atoms with van der Waals surface area (Å²) in [5.41, 5.74) is -0.0530. The summed E-state index contributed by atoms with van der Waals surface area (Å²) in [6, 6.07) is 4.08. The number of aliphatic hydroxyl groups is 1. The highest BCUT2D eigenvalue weighted by Crippen LogP contribution is 2.40. The summed E-state index contributed by atoms with van der Waals surface area (Å²) in [6.07, 6.45) is 5.08. The number of carbonyl (C=O) groups excluding carboxylic acids is 1. The molecule has 2 N–H and O–H groups in total. The Morgan fingerprint density at radius 2 is 2.19 bits per heavy atom. The zero-order chi connectivity index (χ0) is 18.8. The maximum Gasteiger partial charge on any atom is 0.230 e. The number of amides is 1. The van der Waals surface area contributed by atoms with Crippen LogP contribution < -0.4 is 10.2 Å². The molecular formula is C19H29N3O3S. The van der Waals surface area contributed by atoms with Crippen LogP contribution in [0.5, 0.6) is 0 Å². The Hall–Kier alpha value is -1.31. The van der Waals surface area contributed by atoms with Crippen LogP contribution in [0.1, 0.15) is 31.7 Å². The molecule has 2 aliphatic rings. The van der Waals surface area contributed by atoms with Gasteiger partial charge in [-0.15, -0.1) is 0 Å². The van der Waals surface area contributed by atoms with Gasteiger partial charge in [-0.1, -0.05) is 0 Å². The van der Waals surface area contributed by atoms with Gasteiger partial charge in [-0.05, 0) is 57.1 Å². The molecule has 1 aromatic heterocycles. The van der Waals surface area contributed by atoms with Gasteiger partial charge >= 0.3 is 0 Å². The number of aromatic nitrogens is 1. The summed E-state index contributed by atoms with van der Waals surface area (Å²) in [4.78, 5) is 18.8. The van der Waals surface area contributed by atoms with Gasteiger partial charge in [0.1, 0.15) is 11.9 Å². The molecule has 1 aromatic rings. The second-order valence-corrected chi connectivity index (χ2v) is 8.51. The first-order valence-corrected chi connectivity index (χ1v) is 10.6. The highest BCUT2D eigenvalue weighted by Gasteiger charge is 2.53. The smallest absolute Gasteiger partial charge is 0.230 e. The molecule has 0 aromatic carbocycles. The van der Waals surface area contributed by atoms with Gasteiger partial charge in [0, 0.05) is 25.9 Å². The van der Waals surface area contributed by atoms with Crippen LogP contribution in [0, 0.1) is 6.92 Å². The average molecular weight is 380 g/mol. The first kappa shape index (κ1) is 19.5. The number of aryl methyl sites for hydroxylation is 1. The van der Waals surface area contributed by atoms with Crippen LogP contribution in [-0.4, -0.2) is 64.9 Å². The molecule has 6 nitrogen and oxygen atoms in total. The second-order valence-electron chi connectivity index (χ2n) is 7.64. The van der Waals surface area contributed by atoms with Crippen LogP contribution in [0.15, 0.2) is 18.3 Å². The summed E-state index contributed by atoms with van der Waals surface area (Å²) >= 11 is 1.49. The standard InChI is InChI=1S/C19H29N3O3S/c1-14-4-8-20-15(12-14)22-9-5-19(6-10-22)17(24)18(2,7-11-25-19)21-16(23)13-26-3/h4,8,12,17,24H,5-7,9-11,13H2,1-3H3,(H,21,23)/t17-,18+/m0/s1. The SMILES string of the molecule is CSCC(=O)N[C@]1(C)CCOC2(CCN(c3cc(C)ccn3)CC2)[C@H]1O. The molecule has 2 fully saturated rings. The van der Waals surface area contributed by atoms with E-state index in [1.807, 2.05) is 25.4 Å². The number of hydrogen-bond acceptors (Lipinski definition) is 6. The zero-order valence-electron chi connectivity index (χ0n) is 15.8. The van der Waals surface area contributed by atoms with E-state index in [1.54, 1.807) is 0 Å². The van der Waals surface area contributed by atoms with Crippen LogP contribution in [0.4, 0.5) is 5.82 Å². The van der Waals surface area contributed by atoms with Crippen molar-refractivity contribution >= 4 is 23.5 Å². The van der Waals surface area contributed by atoms with E-state index in [0.29, 0.717) is 18.8 Å². The molecule has 0 radical (unpaired) electrons. The topological polar surface area (TPSA) is 74.7 Å². The van der Waals surface area contributed by atoms with Crippen LogP contribution in [-0.2, 0) is 9.53 Å². The molecule has 0 bridgehead atoms. The van der Waals surface area contributed by atoms with Crippen molar-refractivity contribution in [2.45, 2.75) is 50.4 Å². The van der Waals surface area contributed by atoms with Gasteiger partial charge in [0.2, 0.25) is 5.91 Å². The third-order valence-corrected chi connectivity index (χ3v) is 6.20. The number of rotatable bonds is 4. The van der Waals surface area contributed by atoms with E-state index in [0.717, 1.165) is 31.7 Å². The third-order valence-electron chi connectivity index (χ3n) is 5.65. The number of anilines is 1. The molecule has 7 heteroatoms. The van der Waals surface area contributed by atoms with Gasteiger partial charge < -0.3 is 20.1 Å². The summed E-state index contributed by atoms with van der Waals surface area (Å²) in [5.74, 6) is 1.35. The number of thioether (sulfide) groups is 1. The van der Waals surface area contributed by atoms with Crippen molar-refractivity contribution in [2.24, 2.45) is 0 Å². The molecule has 1 amide bonds. The monoisotopic (exact) mass is 379 g/mol. The summed E-state index contributed by atoms with van der Waals surface area (Å²) in [6.45, 7) is 6.11. The molecule has 2 saturated heterocycles. The van der Waals surface area contributed by atoms with Crippen molar-refractivity contribution < 1.29 is 14.6 Å². The molecule has 0 saturated carbocycles. The highest BCUT2D eigenvalue weighted by atomic mass is 32.2. The minimum Gasteiger partial charge on any atom is -0.388 e. The molecule has 2 atom stereocenters. The number of nitrogens with one attached hydrogen (secondary N) is 1. The lowest BCUT2D eigenvalue weighted by atomic mass is 9.73. The van der Waals surface area contributed by atoms with E-state index in [2.05, 4.69) is 28.2 Å². The van der Waals surface area contributed by atoms with E-state index < -0.39 is 17.2 Å². The van der Waals surface area contributed by atoms with Gasteiger partial charge in [0.25, 0.3) is 0 Å². The Bertz CT molecular complexity index is 649. The molecule has 0 unspecified atom stereocenters. The Balaban J connectivity index is 1.69. The molecule has 3 rings (SSSR count). The lowest BCUT2D eigenvalue weighted by Crippen LogP contribution is -2.69. The Morgan fingerprint density at radius 1 is 1.46 bits per heavy atom. The summed E-state index contributed by atoms with van der Waals surface area (Å²) in [7, 11) is 0. The molecule has 1 spiro atoms. The lowest BCUT2D eigenvalue weighted by molar-refractivity contribution is -0.198. The van der Waals surface area contributed by atoms with E-state index >= 15 is 0 Å². The minimum atomic E-state index is -0.720. The number of nitrogens with zero attached hydrogens (tertiary/aromatic N) is 2. The van der Waals surface area contributed by atoms with Crippen LogP contribution in [0.3, 0.4) is 0 Å². The number of carbonyl (C=O) groups is 1. The van der Waals surface area contributed by atoms with Gasteiger partial charge in [0.15, 0.2) is 0 Å². The van der Waals surface area contributed by atoms with Crippen LogP contribution in [0.2, 0.25) is 0 Å². The third kappa shape index (κ3) is 3.85. The molecule has 26 heavy (non-hydrogen) atoms. The highest BCUT2D eigenvalue weighted by molar-refractivity contribution is 7.99. The van der Waals surface area contributed by atoms with E-state index in [9.17, 15) is 9.90 Å². The van der Waals surface area contributed by atoms with Crippen molar-refractivity contribution in [3.05, 3.63) is 23.9 Å². The first-order chi connectivity index (χ1) is 12.4. The average Bonchev–Trinajstić information content (AvgIpc) is 2.61. The van der Waals surface area contributed by atoms with E-state index in [4.69, 9.17) is 4.74 Å². The fraction of sp³-hybridized carbons (Fsp3) is 0.684. The second kappa shape index (κ2) is 7.74. The van der Waals surface area contributed by atoms with E-state index in [1.165, 1.54) is 17.3 Å². The minimum absolute atomic E-state index is 0.0301. The number of piperidine rings is 1. The Labute approximate surface area is 159 Å². The Kier molecular flexibility index (Phi) is 5.79. The largest absolute Gasteiger partial charge is 0.388 e. The van der Waals surface area contributed by atoms with Crippen LogP contribution >= 0.6 is 11.8 Å². The maximum absolute atomic E-state index is 12.1. The van der Waals surface area contributed by atoms with Gasteiger partial charge in [-0.25, -0.2) is 4.98 Å². The first-order valence-electron chi connectivity index (χ1n) is 9.18. The quantitative estimate of drug-likeness (QED) is 0.830. The fourth-order valence-corrected chi connectivity index (χ4v) is 4.44. The molecule has 144 valence electrons. The number of ether oxygens (including phenoxy) is 1. The maximum atomic E-state index is 12.1. The molecular weight excluding hydrogens is 350 g/mol. The molecule has 0 aliphatic carbocycles. The van der Waals surface area contributed by atoms with Crippen molar-refractivity contribution in [1.29, 1.82) is 0 Å². The van der Waals surface area contributed by atoms with E-state index in [-0.39, 0.29) is 5.91 Å². The summed E-state index contributed by atoms with van der Waals surface area (Å²) in [5, 5.41) is 14.2. The number of pyridine rings is 1. The predicted octanol–water partition coefficient (Wildman–Crippen LogP) is 1.75. The zero-order valence-corrected chi connectivity index (χ0v) is 16.6. The lowest BCUT2D eigenvalue weighted by Gasteiger charge is -2.53. The van der Waals surface area contributed by atoms with Gasteiger partial charge in [0.05, 0.1) is 16.9 Å². The van der Waals surface area contributed by atoms with Crippen molar-refractivity contribution in [2.75, 3.05) is 36.6 Å². The van der Waals surface area contributed by atoms with Crippen molar-refractivity contribution in [3.8, 4) is 0 Å². The van der Waals surface area contributed by atoms with Gasteiger partial charge in [-0.3, -0.25) is 4.79 Å². The predicted molar refractivity (Wildman–Crippen MR) is 105 cm³/mol.